The van der Waals surface area contributed by atoms with Crippen molar-refractivity contribution < 1.29 is 4.52 Å². The third-order valence-corrected chi connectivity index (χ3v) is 4.46. The number of rotatable bonds is 4. The SMILES string of the molecule is c1csc(Cc2noc(CC3CCCNCC3)n2)c1. The van der Waals surface area contributed by atoms with E-state index in [1.807, 2.05) is 0 Å². The van der Waals surface area contributed by atoms with Crippen molar-refractivity contribution in [2.75, 3.05) is 13.1 Å². The molecule has 0 saturated carbocycles. The Morgan fingerprint density at radius 1 is 1.37 bits per heavy atom. The fourth-order valence-electron chi connectivity index (χ4n) is 2.56. The van der Waals surface area contributed by atoms with Gasteiger partial charge in [0.05, 0.1) is 0 Å². The standard InChI is InChI=1S/C14H19N3OS/c1-3-11(5-7-15-6-1)9-14-16-13(17-18-14)10-12-4-2-8-19-12/h2,4,8,11,15H,1,3,5-7,9-10H2. The molecule has 0 aromatic carbocycles. The molecule has 3 rings (SSSR count). The van der Waals surface area contributed by atoms with E-state index >= 15 is 0 Å². The van der Waals surface area contributed by atoms with Gasteiger partial charge < -0.3 is 9.84 Å². The van der Waals surface area contributed by atoms with Crippen LogP contribution >= 0.6 is 11.3 Å². The Hall–Kier alpha value is -1.20. The molecule has 5 heteroatoms. The second-order valence-electron chi connectivity index (χ2n) is 5.11. The van der Waals surface area contributed by atoms with Gasteiger partial charge in [0.25, 0.3) is 0 Å². The summed E-state index contributed by atoms with van der Waals surface area (Å²) in [7, 11) is 0. The molecular weight excluding hydrogens is 258 g/mol. The highest BCUT2D eigenvalue weighted by Crippen LogP contribution is 2.19. The molecule has 0 amide bonds. The molecule has 19 heavy (non-hydrogen) atoms. The minimum Gasteiger partial charge on any atom is -0.339 e. The van der Waals surface area contributed by atoms with Crippen LogP contribution in [-0.4, -0.2) is 23.2 Å². The third-order valence-electron chi connectivity index (χ3n) is 3.58. The topological polar surface area (TPSA) is 51.0 Å². The number of hydrogen-bond donors (Lipinski definition) is 1. The van der Waals surface area contributed by atoms with Gasteiger partial charge in [-0.1, -0.05) is 11.2 Å². The third kappa shape index (κ3) is 3.64. The van der Waals surface area contributed by atoms with Crippen LogP contribution in [0.25, 0.3) is 0 Å². The Balaban J connectivity index is 1.58. The molecule has 2 aromatic heterocycles. The van der Waals surface area contributed by atoms with Gasteiger partial charge in [-0.15, -0.1) is 11.3 Å². The Morgan fingerprint density at radius 2 is 2.37 bits per heavy atom. The van der Waals surface area contributed by atoms with Crippen LogP contribution in [-0.2, 0) is 12.8 Å². The molecule has 0 bridgehead atoms. The molecule has 1 unspecified atom stereocenters. The lowest BCUT2D eigenvalue weighted by Gasteiger charge is -2.09. The van der Waals surface area contributed by atoms with Crippen LogP contribution in [0.1, 0.15) is 35.9 Å². The highest BCUT2D eigenvalue weighted by Gasteiger charge is 2.16. The van der Waals surface area contributed by atoms with Gasteiger partial charge in [0, 0.05) is 17.7 Å². The first-order valence-corrected chi connectivity index (χ1v) is 7.82. The van der Waals surface area contributed by atoms with Crippen LogP contribution in [0.4, 0.5) is 0 Å². The van der Waals surface area contributed by atoms with Gasteiger partial charge in [-0.25, -0.2) is 0 Å². The zero-order chi connectivity index (χ0) is 12.9. The van der Waals surface area contributed by atoms with E-state index in [4.69, 9.17) is 4.52 Å². The first-order valence-electron chi connectivity index (χ1n) is 6.95. The molecule has 1 saturated heterocycles. The maximum absolute atomic E-state index is 5.38. The van der Waals surface area contributed by atoms with Crippen LogP contribution in [0.3, 0.4) is 0 Å². The van der Waals surface area contributed by atoms with Crippen molar-refractivity contribution in [3.63, 3.8) is 0 Å². The van der Waals surface area contributed by atoms with E-state index in [0.717, 1.165) is 37.6 Å². The Kier molecular flexibility index (Phi) is 4.25. The summed E-state index contributed by atoms with van der Waals surface area (Å²) in [5.74, 6) is 2.30. The summed E-state index contributed by atoms with van der Waals surface area (Å²) in [4.78, 5) is 5.80. The van der Waals surface area contributed by atoms with E-state index < -0.39 is 0 Å². The number of nitrogens with one attached hydrogen (secondary N) is 1. The average molecular weight is 277 g/mol. The number of thiophene rings is 1. The summed E-state index contributed by atoms with van der Waals surface area (Å²) in [6, 6.07) is 4.16. The second kappa shape index (κ2) is 6.30. The van der Waals surface area contributed by atoms with Crippen LogP contribution in [0.5, 0.6) is 0 Å². The maximum atomic E-state index is 5.38. The highest BCUT2D eigenvalue weighted by molar-refractivity contribution is 7.09. The Morgan fingerprint density at radius 3 is 3.26 bits per heavy atom. The van der Waals surface area contributed by atoms with Crippen molar-refractivity contribution in [2.45, 2.75) is 32.1 Å². The molecule has 1 atom stereocenters. The molecule has 2 aromatic rings. The van der Waals surface area contributed by atoms with E-state index in [1.54, 1.807) is 11.3 Å². The van der Waals surface area contributed by atoms with Crippen molar-refractivity contribution in [3.05, 3.63) is 34.1 Å². The molecule has 0 spiro atoms. The summed E-state index contributed by atoms with van der Waals surface area (Å²) in [5, 5.41) is 9.60. The second-order valence-corrected chi connectivity index (χ2v) is 6.14. The van der Waals surface area contributed by atoms with E-state index in [9.17, 15) is 0 Å². The predicted octanol–water partition coefficient (Wildman–Crippen LogP) is 2.65. The van der Waals surface area contributed by atoms with Crippen molar-refractivity contribution in [3.8, 4) is 0 Å². The van der Waals surface area contributed by atoms with Gasteiger partial charge in [0.1, 0.15) is 0 Å². The fourth-order valence-corrected chi connectivity index (χ4v) is 3.26. The first kappa shape index (κ1) is 12.8. The molecule has 1 aliphatic heterocycles. The highest BCUT2D eigenvalue weighted by atomic mass is 32.1. The summed E-state index contributed by atoms with van der Waals surface area (Å²) in [5.41, 5.74) is 0. The van der Waals surface area contributed by atoms with Gasteiger partial charge in [-0.05, 0) is 49.7 Å². The van der Waals surface area contributed by atoms with Gasteiger partial charge in [-0.3, -0.25) is 0 Å². The molecule has 1 fully saturated rings. The Bertz CT molecular complexity index is 487. The smallest absolute Gasteiger partial charge is 0.226 e. The summed E-state index contributed by atoms with van der Waals surface area (Å²) in [6.45, 7) is 2.25. The lowest BCUT2D eigenvalue weighted by Crippen LogP contribution is -2.14. The number of nitrogens with zero attached hydrogens (tertiary/aromatic N) is 2. The monoisotopic (exact) mass is 277 g/mol. The molecule has 4 nitrogen and oxygen atoms in total. The van der Waals surface area contributed by atoms with Crippen molar-refractivity contribution in [1.82, 2.24) is 15.5 Å². The fraction of sp³-hybridized carbons (Fsp3) is 0.571. The Labute approximate surface area is 117 Å². The molecule has 1 aliphatic rings. The quantitative estimate of drug-likeness (QED) is 0.933. The molecular formula is C14H19N3OS. The summed E-state index contributed by atoms with van der Waals surface area (Å²) >= 11 is 1.74. The minimum absolute atomic E-state index is 0.685. The van der Waals surface area contributed by atoms with Crippen molar-refractivity contribution >= 4 is 11.3 Å². The van der Waals surface area contributed by atoms with Crippen molar-refractivity contribution in [1.29, 1.82) is 0 Å². The van der Waals surface area contributed by atoms with E-state index in [2.05, 4.69) is 33.0 Å². The van der Waals surface area contributed by atoms with Crippen LogP contribution in [0.15, 0.2) is 22.0 Å². The van der Waals surface area contributed by atoms with Crippen molar-refractivity contribution in [2.24, 2.45) is 5.92 Å². The van der Waals surface area contributed by atoms with Crippen LogP contribution < -0.4 is 5.32 Å². The van der Waals surface area contributed by atoms with Gasteiger partial charge >= 0.3 is 0 Å². The van der Waals surface area contributed by atoms with Gasteiger partial charge in [0.15, 0.2) is 5.82 Å². The predicted molar refractivity (Wildman–Crippen MR) is 75.3 cm³/mol. The van der Waals surface area contributed by atoms with Gasteiger partial charge in [-0.2, -0.15) is 4.98 Å². The zero-order valence-electron chi connectivity index (χ0n) is 11.0. The molecule has 3 heterocycles. The lowest BCUT2D eigenvalue weighted by molar-refractivity contribution is 0.339. The van der Waals surface area contributed by atoms with Gasteiger partial charge in [0.2, 0.25) is 5.89 Å². The van der Waals surface area contributed by atoms with E-state index in [-0.39, 0.29) is 0 Å². The van der Waals surface area contributed by atoms with E-state index in [1.165, 1.54) is 24.1 Å². The normalized spacial score (nSPS) is 20.3. The van der Waals surface area contributed by atoms with Crippen LogP contribution in [0.2, 0.25) is 0 Å². The zero-order valence-corrected chi connectivity index (χ0v) is 11.8. The molecule has 0 aliphatic carbocycles. The summed E-state index contributed by atoms with van der Waals surface area (Å²) in [6.07, 6.45) is 5.44. The number of aromatic nitrogens is 2. The molecule has 0 radical (unpaired) electrons. The van der Waals surface area contributed by atoms with E-state index in [0.29, 0.717) is 5.92 Å². The minimum atomic E-state index is 0.685. The summed E-state index contributed by atoms with van der Waals surface area (Å²) < 4.78 is 5.38. The average Bonchev–Trinajstić information content (AvgIpc) is 2.99. The maximum Gasteiger partial charge on any atom is 0.226 e. The number of hydrogen-bond acceptors (Lipinski definition) is 5. The lowest BCUT2D eigenvalue weighted by atomic mass is 9.97. The molecule has 102 valence electrons. The first-order chi connectivity index (χ1) is 9.40. The van der Waals surface area contributed by atoms with Crippen LogP contribution in [0, 0.1) is 5.92 Å². The molecule has 1 N–H and O–H groups in total. The largest absolute Gasteiger partial charge is 0.339 e.